The first-order valence-electron chi connectivity index (χ1n) is 10.2. The van der Waals surface area contributed by atoms with Crippen LogP contribution < -0.4 is 15.8 Å². The highest BCUT2D eigenvalue weighted by Crippen LogP contribution is 2.33. The molecule has 0 spiro atoms. The normalized spacial score (nSPS) is 23.2. The molecule has 10 nitrogen and oxygen atoms in total. The number of hydrogen-bond acceptors (Lipinski definition) is 7. The van der Waals surface area contributed by atoms with Crippen LogP contribution in [0.1, 0.15) is 24.8 Å². The van der Waals surface area contributed by atoms with Gasteiger partial charge in [-0.15, -0.1) is 0 Å². The summed E-state index contributed by atoms with van der Waals surface area (Å²) in [6.07, 6.45) is 2.02. The first-order valence-corrected chi connectivity index (χ1v) is 12.1. The summed E-state index contributed by atoms with van der Waals surface area (Å²) < 4.78 is 27.4. The van der Waals surface area contributed by atoms with Gasteiger partial charge >= 0.3 is 5.97 Å². The number of esters is 1. The minimum absolute atomic E-state index is 0.0221. The molecule has 1 saturated carbocycles. The van der Waals surface area contributed by atoms with Crippen molar-refractivity contribution in [3.63, 3.8) is 0 Å². The molecule has 0 bridgehead atoms. The number of primary sulfonamides is 1. The molecule has 1 aromatic rings. The van der Waals surface area contributed by atoms with Gasteiger partial charge in [-0.25, -0.2) is 13.6 Å². The second-order valence-corrected chi connectivity index (χ2v) is 9.86. The lowest BCUT2D eigenvalue weighted by molar-refractivity contribution is -0.149. The van der Waals surface area contributed by atoms with E-state index >= 15 is 0 Å². The van der Waals surface area contributed by atoms with Gasteiger partial charge in [0.05, 0.1) is 23.8 Å². The number of nitrogens with zero attached hydrogens (tertiary/aromatic N) is 1. The number of thiocarbonyl (C=S) groups is 1. The van der Waals surface area contributed by atoms with Crippen molar-refractivity contribution in [1.82, 2.24) is 15.5 Å². The minimum Gasteiger partial charge on any atom is -0.469 e. The Kier molecular flexibility index (Phi) is 7.47. The van der Waals surface area contributed by atoms with Crippen LogP contribution in [0, 0.1) is 11.8 Å². The maximum absolute atomic E-state index is 12.9. The van der Waals surface area contributed by atoms with Crippen LogP contribution in [0.15, 0.2) is 29.2 Å². The van der Waals surface area contributed by atoms with E-state index in [0.717, 1.165) is 5.56 Å². The highest BCUT2D eigenvalue weighted by molar-refractivity contribution is 7.89. The lowest BCUT2D eigenvalue weighted by atomic mass is 9.76. The molecule has 174 valence electrons. The van der Waals surface area contributed by atoms with Crippen molar-refractivity contribution in [3.05, 3.63) is 29.8 Å². The van der Waals surface area contributed by atoms with E-state index in [2.05, 4.69) is 10.6 Å². The highest BCUT2D eigenvalue weighted by Gasteiger charge is 2.44. The number of amides is 2. The third kappa shape index (κ3) is 5.61. The first kappa shape index (κ1) is 24.1. The number of nitrogens with two attached hydrogens (primary N) is 1. The molecule has 1 aliphatic carbocycles. The Morgan fingerprint density at radius 1 is 1.28 bits per heavy atom. The quantitative estimate of drug-likeness (QED) is 0.353. The molecular formula is C20H26N4O6S2. The number of ether oxygens (including phenoxy) is 1. The van der Waals surface area contributed by atoms with E-state index in [4.69, 9.17) is 22.1 Å². The Bertz CT molecular complexity index is 1010. The Labute approximate surface area is 191 Å². The average Bonchev–Trinajstić information content (AvgIpc) is 2.75. The van der Waals surface area contributed by atoms with Crippen LogP contribution in [0.4, 0.5) is 0 Å². The summed E-state index contributed by atoms with van der Waals surface area (Å²) in [6, 6.07) is 5.84. The summed E-state index contributed by atoms with van der Waals surface area (Å²) in [5.41, 5.74) is 0.828. The van der Waals surface area contributed by atoms with Gasteiger partial charge in [-0.2, -0.15) is 0 Å². The van der Waals surface area contributed by atoms with E-state index in [1.165, 1.54) is 24.1 Å². The van der Waals surface area contributed by atoms with E-state index in [1.807, 2.05) is 0 Å². The fourth-order valence-corrected chi connectivity index (χ4v) is 4.91. The molecule has 3 atom stereocenters. The van der Waals surface area contributed by atoms with E-state index in [9.17, 15) is 22.8 Å². The molecule has 2 amide bonds. The van der Waals surface area contributed by atoms with Crippen molar-refractivity contribution in [2.45, 2.75) is 36.6 Å². The maximum Gasteiger partial charge on any atom is 0.308 e. The van der Waals surface area contributed by atoms with Crippen molar-refractivity contribution in [3.8, 4) is 0 Å². The van der Waals surface area contributed by atoms with Crippen LogP contribution in [0.3, 0.4) is 0 Å². The number of hydrogen-bond donors (Lipinski definition) is 3. The molecule has 32 heavy (non-hydrogen) atoms. The second-order valence-electron chi connectivity index (χ2n) is 7.91. The van der Waals surface area contributed by atoms with Crippen molar-refractivity contribution in [2.24, 2.45) is 17.0 Å². The van der Waals surface area contributed by atoms with Gasteiger partial charge in [0.2, 0.25) is 21.8 Å². The number of sulfonamides is 1. The highest BCUT2D eigenvalue weighted by atomic mass is 32.2. The first-order chi connectivity index (χ1) is 15.1. The zero-order valence-electron chi connectivity index (χ0n) is 17.6. The van der Waals surface area contributed by atoms with Gasteiger partial charge in [0.15, 0.2) is 5.11 Å². The smallest absolute Gasteiger partial charge is 0.308 e. The monoisotopic (exact) mass is 482 g/mol. The summed E-state index contributed by atoms with van der Waals surface area (Å²) in [5.74, 6) is -1.46. The summed E-state index contributed by atoms with van der Waals surface area (Å²) in [5, 5.41) is 11.1. The van der Waals surface area contributed by atoms with E-state index in [-0.39, 0.29) is 52.2 Å². The Hall–Kier alpha value is -2.57. The summed E-state index contributed by atoms with van der Waals surface area (Å²) in [6.45, 7) is 0.112. The van der Waals surface area contributed by atoms with E-state index in [0.29, 0.717) is 32.2 Å². The van der Waals surface area contributed by atoms with Crippen LogP contribution in [0.25, 0.3) is 0 Å². The predicted octanol–water partition coefficient (Wildman–Crippen LogP) is -0.333. The molecule has 2 aliphatic rings. The minimum atomic E-state index is -3.75. The van der Waals surface area contributed by atoms with Gasteiger partial charge < -0.3 is 15.4 Å². The maximum atomic E-state index is 12.9. The fraction of sp³-hybridized carbons (Fsp3) is 0.500. The van der Waals surface area contributed by atoms with Crippen LogP contribution in [0.2, 0.25) is 0 Å². The van der Waals surface area contributed by atoms with Gasteiger partial charge in [0.25, 0.3) is 0 Å². The fourth-order valence-electron chi connectivity index (χ4n) is 4.08. The van der Waals surface area contributed by atoms with Gasteiger partial charge in [-0.3, -0.25) is 19.3 Å². The molecule has 1 aliphatic heterocycles. The molecule has 3 rings (SSSR count). The Morgan fingerprint density at radius 2 is 1.97 bits per heavy atom. The largest absolute Gasteiger partial charge is 0.469 e. The van der Waals surface area contributed by atoms with Crippen LogP contribution >= 0.6 is 12.2 Å². The molecule has 1 aromatic carbocycles. The lowest BCUT2D eigenvalue weighted by Gasteiger charge is -2.43. The molecule has 3 unspecified atom stereocenters. The molecule has 1 heterocycles. The molecule has 12 heteroatoms. The van der Waals surface area contributed by atoms with Crippen molar-refractivity contribution >= 4 is 45.1 Å². The molecule has 4 N–H and O–H groups in total. The van der Waals surface area contributed by atoms with Crippen LogP contribution in [-0.4, -0.2) is 62.5 Å². The predicted molar refractivity (Wildman–Crippen MR) is 119 cm³/mol. The number of carbonyl (C=O) groups is 3. The van der Waals surface area contributed by atoms with E-state index in [1.54, 1.807) is 12.1 Å². The summed E-state index contributed by atoms with van der Waals surface area (Å²) in [7, 11) is -2.40. The van der Waals surface area contributed by atoms with Crippen LogP contribution in [0.5, 0.6) is 0 Å². The second kappa shape index (κ2) is 9.92. The number of fused-ring (bicyclic) bond motifs is 1. The van der Waals surface area contributed by atoms with Crippen molar-refractivity contribution in [1.29, 1.82) is 0 Å². The van der Waals surface area contributed by atoms with Gasteiger partial charge in [0.1, 0.15) is 6.54 Å². The number of methoxy groups -OCH3 is 1. The summed E-state index contributed by atoms with van der Waals surface area (Å²) in [4.78, 5) is 38.4. The number of rotatable bonds is 7. The molecule has 1 saturated heterocycles. The third-order valence-electron chi connectivity index (χ3n) is 5.81. The van der Waals surface area contributed by atoms with Gasteiger partial charge in [0, 0.05) is 12.6 Å². The summed E-state index contributed by atoms with van der Waals surface area (Å²) >= 11 is 5.29. The van der Waals surface area contributed by atoms with Gasteiger partial charge in [-0.1, -0.05) is 12.1 Å². The van der Waals surface area contributed by atoms with Crippen LogP contribution in [-0.2, 0) is 35.6 Å². The number of carbonyl (C=O) groups excluding carboxylic acids is 3. The molecular weight excluding hydrogens is 456 g/mol. The molecule has 0 radical (unpaired) electrons. The Morgan fingerprint density at radius 3 is 2.59 bits per heavy atom. The van der Waals surface area contributed by atoms with E-state index < -0.39 is 10.0 Å². The number of benzene rings is 1. The zero-order chi connectivity index (χ0) is 23.5. The average molecular weight is 483 g/mol. The van der Waals surface area contributed by atoms with Crippen molar-refractivity contribution < 1.29 is 27.5 Å². The molecule has 2 fully saturated rings. The molecule has 0 aromatic heterocycles. The zero-order valence-corrected chi connectivity index (χ0v) is 19.2. The van der Waals surface area contributed by atoms with Crippen molar-refractivity contribution in [2.75, 3.05) is 20.2 Å². The number of nitrogens with one attached hydrogen (secondary N) is 2. The SMILES string of the molecule is COC(=O)C1CCC2C(=O)N(CC(=O)NCCc3ccc(S(N)(=O)=O)cc3)C(=S)NC2C1. The van der Waals surface area contributed by atoms with Gasteiger partial charge in [-0.05, 0) is 55.6 Å². The lowest BCUT2D eigenvalue weighted by Crippen LogP contribution is -2.63. The Balaban J connectivity index is 1.49. The topological polar surface area (TPSA) is 148 Å². The standard InChI is InChI=1S/C20H26N4O6S2/c1-30-19(27)13-4-7-15-16(10-13)23-20(31)24(18(15)26)11-17(25)22-9-8-12-2-5-14(6-3-12)32(21,28)29/h2-3,5-6,13,15-16H,4,7-11H2,1H3,(H,22,25)(H,23,31)(H2,21,28,29). The third-order valence-corrected chi connectivity index (χ3v) is 7.08.